The van der Waals surface area contributed by atoms with Crippen LogP contribution in [0.1, 0.15) is 31.9 Å². The number of nitrogens with one attached hydrogen (secondary N) is 1. The Morgan fingerprint density at radius 1 is 0.841 bits per heavy atom. The van der Waals surface area contributed by atoms with Crippen LogP contribution in [0, 0.1) is 5.82 Å². The zero-order valence-electron chi connectivity index (χ0n) is 24.8. The summed E-state index contributed by atoms with van der Waals surface area (Å²) in [6.07, 6.45) is 0.112. The molecule has 7 nitrogen and oxygen atoms in total. The summed E-state index contributed by atoms with van der Waals surface area (Å²) in [5, 5.41) is 3.06. The Balaban J connectivity index is 1.83. The molecular weight excluding hydrogens is 601 g/mol. The van der Waals surface area contributed by atoms with Crippen LogP contribution in [0.2, 0.25) is 5.02 Å². The number of benzene rings is 4. The predicted molar refractivity (Wildman–Crippen MR) is 171 cm³/mol. The van der Waals surface area contributed by atoms with Crippen molar-refractivity contribution in [2.45, 2.75) is 50.2 Å². The van der Waals surface area contributed by atoms with E-state index in [1.54, 1.807) is 36.4 Å². The minimum Gasteiger partial charge on any atom is -0.350 e. The Morgan fingerprint density at radius 3 is 2.02 bits per heavy atom. The molecule has 4 aromatic carbocycles. The van der Waals surface area contributed by atoms with Crippen LogP contribution in [0.5, 0.6) is 0 Å². The van der Waals surface area contributed by atoms with Crippen LogP contribution in [-0.2, 0) is 32.6 Å². The summed E-state index contributed by atoms with van der Waals surface area (Å²) in [7, 11) is -4.29. The number of sulfonamides is 1. The van der Waals surface area contributed by atoms with E-state index in [1.807, 2.05) is 51.1 Å². The Kier molecular flexibility index (Phi) is 10.4. The second-order valence-electron chi connectivity index (χ2n) is 11.3. The molecule has 230 valence electrons. The predicted octanol–water partition coefficient (Wildman–Crippen LogP) is 6.23. The van der Waals surface area contributed by atoms with Crippen LogP contribution in [0.3, 0.4) is 0 Å². The van der Waals surface area contributed by atoms with Crippen molar-refractivity contribution in [2.75, 3.05) is 10.8 Å². The fraction of sp³-hybridized carbons (Fsp3) is 0.235. The van der Waals surface area contributed by atoms with E-state index in [4.69, 9.17) is 11.6 Å². The number of carbonyl (C=O) groups excluding carboxylic acids is 2. The van der Waals surface area contributed by atoms with E-state index in [-0.39, 0.29) is 34.1 Å². The van der Waals surface area contributed by atoms with Crippen molar-refractivity contribution in [1.29, 1.82) is 0 Å². The monoisotopic (exact) mass is 635 g/mol. The molecule has 4 rings (SSSR count). The van der Waals surface area contributed by atoms with Gasteiger partial charge in [-0.15, -0.1) is 0 Å². The maximum Gasteiger partial charge on any atom is 0.264 e. The molecular formula is C34H35ClFN3O4S. The maximum atomic E-state index is 15.0. The van der Waals surface area contributed by atoms with Gasteiger partial charge in [-0.05, 0) is 56.7 Å². The first-order valence-corrected chi connectivity index (χ1v) is 15.9. The van der Waals surface area contributed by atoms with Gasteiger partial charge in [0.15, 0.2) is 0 Å². The molecule has 0 aliphatic rings. The van der Waals surface area contributed by atoms with Crippen LogP contribution >= 0.6 is 11.6 Å². The molecule has 1 atom stereocenters. The van der Waals surface area contributed by atoms with Crippen LogP contribution < -0.4 is 9.62 Å². The molecule has 44 heavy (non-hydrogen) atoms. The number of halogens is 2. The quantitative estimate of drug-likeness (QED) is 0.212. The third kappa shape index (κ3) is 8.24. The lowest BCUT2D eigenvalue weighted by molar-refractivity contribution is -0.140. The molecule has 0 radical (unpaired) electrons. The number of nitrogens with zero attached hydrogens (tertiary/aromatic N) is 2. The lowest BCUT2D eigenvalue weighted by atomic mass is 10.0. The van der Waals surface area contributed by atoms with Crippen LogP contribution in [-0.4, -0.2) is 43.3 Å². The highest BCUT2D eigenvalue weighted by Gasteiger charge is 2.36. The van der Waals surface area contributed by atoms with E-state index >= 15 is 4.39 Å². The average molecular weight is 636 g/mol. The van der Waals surface area contributed by atoms with E-state index in [0.717, 1.165) is 9.87 Å². The standard InChI is InChI=1S/C34H35ClFN3O4S/c1-34(2,3)37-33(41)31(22-25-14-6-4-7-15-25)38(23-26-16-10-12-20-29(26)36)32(40)24-39(30-21-13-11-19-28(30)35)44(42,43)27-17-8-5-9-18-27/h4-21,31H,22-24H2,1-3H3,(H,37,41)/t31-/m1/s1. The molecule has 0 fully saturated rings. The Hall–Kier alpha value is -4.21. The fourth-order valence-electron chi connectivity index (χ4n) is 4.70. The van der Waals surface area contributed by atoms with Gasteiger partial charge in [0.1, 0.15) is 18.4 Å². The van der Waals surface area contributed by atoms with E-state index in [0.29, 0.717) is 0 Å². The van der Waals surface area contributed by atoms with E-state index in [1.165, 1.54) is 47.4 Å². The number of rotatable bonds is 11. The second kappa shape index (κ2) is 14.1. The third-order valence-electron chi connectivity index (χ3n) is 6.80. The molecule has 4 aromatic rings. The SMILES string of the molecule is CC(C)(C)NC(=O)[C@@H](Cc1ccccc1)N(Cc1ccccc1F)C(=O)CN(c1ccccc1Cl)S(=O)(=O)c1ccccc1. The summed E-state index contributed by atoms with van der Waals surface area (Å²) in [5.41, 5.74) is 0.403. The van der Waals surface area contributed by atoms with E-state index < -0.39 is 45.8 Å². The summed E-state index contributed by atoms with van der Waals surface area (Å²) in [5.74, 6) is -1.72. The van der Waals surface area contributed by atoms with Crippen molar-refractivity contribution < 1.29 is 22.4 Å². The van der Waals surface area contributed by atoms with Crippen molar-refractivity contribution in [3.63, 3.8) is 0 Å². The molecule has 0 aromatic heterocycles. The van der Waals surface area contributed by atoms with E-state index in [9.17, 15) is 18.0 Å². The van der Waals surface area contributed by atoms with Crippen molar-refractivity contribution in [3.8, 4) is 0 Å². The largest absolute Gasteiger partial charge is 0.350 e. The minimum absolute atomic E-state index is 0.0420. The fourth-order valence-corrected chi connectivity index (χ4v) is 6.45. The first-order valence-electron chi connectivity index (χ1n) is 14.1. The van der Waals surface area contributed by atoms with Gasteiger partial charge in [0.25, 0.3) is 10.0 Å². The molecule has 0 saturated carbocycles. The number of para-hydroxylation sites is 1. The molecule has 0 heterocycles. The van der Waals surface area contributed by atoms with Crippen molar-refractivity contribution in [1.82, 2.24) is 10.2 Å². The maximum absolute atomic E-state index is 15.0. The first-order chi connectivity index (χ1) is 20.9. The molecule has 0 bridgehead atoms. The Bertz CT molecular complexity index is 1700. The summed E-state index contributed by atoms with van der Waals surface area (Å²) >= 11 is 6.47. The van der Waals surface area contributed by atoms with Gasteiger partial charge in [-0.2, -0.15) is 0 Å². The molecule has 0 aliphatic heterocycles. The first kappa shape index (κ1) is 32.7. The van der Waals surface area contributed by atoms with Crippen molar-refractivity contribution in [3.05, 3.63) is 131 Å². The van der Waals surface area contributed by atoms with Gasteiger partial charge in [0.2, 0.25) is 11.8 Å². The van der Waals surface area contributed by atoms with Crippen molar-refractivity contribution >= 4 is 39.1 Å². The molecule has 2 amide bonds. The Morgan fingerprint density at radius 2 is 1.41 bits per heavy atom. The van der Waals surface area contributed by atoms with Crippen LogP contribution in [0.25, 0.3) is 0 Å². The minimum atomic E-state index is -4.29. The zero-order chi connectivity index (χ0) is 31.9. The van der Waals surface area contributed by atoms with E-state index in [2.05, 4.69) is 5.32 Å². The Labute approximate surface area is 263 Å². The number of amides is 2. The lowest BCUT2D eigenvalue weighted by Gasteiger charge is -2.35. The van der Waals surface area contributed by atoms with Crippen LogP contribution in [0.4, 0.5) is 10.1 Å². The highest BCUT2D eigenvalue weighted by Crippen LogP contribution is 2.31. The van der Waals surface area contributed by atoms with Gasteiger partial charge in [0.05, 0.1) is 15.6 Å². The molecule has 0 unspecified atom stereocenters. The highest BCUT2D eigenvalue weighted by molar-refractivity contribution is 7.92. The molecule has 0 saturated heterocycles. The summed E-state index contributed by atoms with van der Waals surface area (Å²) in [6, 6.07) is 28.0. The number of anilines is 1. The number of carbonyl (C=O) groups is 2. The summed E-state index contributed by atoms with van der Waals surface area (Å²) in [4.78, 5) is 29.5. The van der Waals surface area contributed by atoms with Gasteiger partial charge in [-0.25, -0.2) is 12.8 Å². The average Bonchev–Trinajstić information content (AvgIpc) is 2.99. The van der Waals surface area contributed by atoms with Crippen LogP contribution in [0.15, 0.2) is 114 Å². The normalized spacial score (nSPS) is 12.3. The van der Waals surface area contributed by atoms with Gasteiger partial charge < -0.3 is 10.2 Å². The zero-order valence-corrected chi connectivity index (χ0v) is 26.4. The molecule has 0 spiro atoms. The smallest absolute Gasteiger partial charge is 0.264 e. The topological polar surface area (TPSA) is 86.8 Å². The lowest BCUT2D eigenvalue weighted by Crippen LogP contribution is -2.56. The van der Waals surface area contributed by atoms with Gasteiger partial charge >= 0.3 is 0 Å². The molecule has 10 heteroatoms. The van der Waals surface area contributed by atoms with Crippen molar-refractivity contribution in [2.24, 2.45) is 0 Å². The third-order valence-corrected chi connectivity index (χ3v) is 8.89. The summed E-state index contributed by atoms with van der Waals surface area (Å²) in [6.45, 7) is 4.49. The number of hydrogen-bond acceptors (Lipinski definition) is 4. The molecule has 1 N–H and O–H groups in total. The summed E-state index contributed by atoms with van der Waals surface area (Å²) < 4.78 is 43.9. The number of hydrogen-bond donors (Lipinski definition) is 1. The highest BCUT2D eigenvalue weighted by atomic mass is 35.5. The second-order valence-corrected chi connectivity index (χ2v) is 13.6. The molecule has 0 aliphatic carbocycles. The van der Waals surface area contributed by atoms with Gasteiger partial charge in [-0.1, -0.05) is 90.5 Å². The van der Waals surface area contributed by atoms with Gasteiger partial charge in [-0.3, -0.25) is 13.9 Å². The van der Waals surface area contributed by atoms with Gasteiger partial charge in [0, 0.05) is 24.1 Å².